The molecule has 0 saturated heterocycles. The Kier molecular flexibility index (Phi) is 7.76. The van der Waals surface area contributed by atoms with Gasteiger partial charge in [-0.3, -0.25) is 4.79 Å². The second kappa shape index (κ2) is 9.61. The van der Waals surface area contributed by atoms with Gasteiger partial charge in [0.25, 0.3) is 0 Å². The predicted molar refractivity (Wildman–Crippen MR) is 91.0 cm³/mol. The van der Waals surface area contributed by atoms with Crippen LogP contribution in [0.1, 0.15) is 33.3 Å². The van der Waals surface area contributed by atoms with Crippen molar-refractivity contribution < 1.29 is 14.3 Å². The molecule has 0 aliphatic heterocycles. The van der Waals surface area contributed by atoms with Crippen molar-refractivity contribution in [2.45, 2.75) is 27.7 Å². The third-order valence-electron chi connectivity index (χ3n) is 2.77. The van der Waals surface area contributed by atoms with E-state index in [1.54, 1.807) is 12.4 Å². The molecule has 1 radical (unpaired) electrons. The Morgan fingerprint density at radius 1 is 1.00 bits per heavy atom. The standard InChI is InChI=1S/C19H23O3/c1-15(2)9-12-21-18-8-7-17(6-5-11-20)14-19(18)22-13-10-16(3)4/h5-10,14H,12-13H2,1-4H3. The molecule has 0 aliphatic carbocycles. The molecular formula is C19H23O3. The van der Waals surface area contributed by atoms with E-state index in [2.05, 4.69) is 0 Å². The lowest BCUT2D eigenvalue weighted by molar-refractivity contribution is 0.307. The van der Waals surface area contributed by atoms with Crippen molar-refractivity contribution in [3.05, 3.63) is 53.1 Å². The first-order valence-electron chi connectivity index (χ1n) is 7.23. The van der Waals surface area contributed by atoms with Crippen molar-refractivity contribution in [2.24, 2.45) is 0 Å². The first-order valence-corrected chi connectivity index (χ1v) is 7.23. The molecule has 0 aromatic heterocycles. The van der Waals surface area contributed by atoms with Gasteiger partial charge < -0.3 is 9.47 Å². The van der Waals surface area contributed by atoms with Gasteiger partial charge in [-0.25, -0.2) is 0 Å². The Hall–Kier alpha value is -2.29. The zero-order valence-corrected chi connectivity index (χ0v) is 13.7. The zero-order chi connectivity index (χ0) is 16.4. The summed E-state index contributed by atoms with van der Waals surface area (Å²) in [6.45, 7) is 9.08. The summed E-state index contributed by atoms with van der Waals surface area (Å²) < 4.78 is 11.5. The quantitative estimate of drug-likeness (QED) is 0.524. The fraction of sp³-hybridized carbons (Fsp3) is 0.316. The summed E-state index contributed by atoms with van der Waals surface area (Å²) in [4.78, 5) is 10.3. The summed E-state index contributed by atoms with van der Waals surface area (Å²) >= 11 is 0. The molecule has 3 nitrogen and oxygen atoms in total. The van der Waals surface area contributed by atoms with E-state index in [1.165, 1.54) is 17.2 Å². The minimum Gasteiger partial charge on any atom is -0.486 e. The van der Waals surface area contributed by atoms with Crippen molar-refractivity contribution in [1.82, 2.24) is 0 Å². The highest BCUT2D eigenvalue weighted by Crippen LogP contribution is 2.29. The average molecular weight is 299 g/mol. The molecule has 0 heterocycles. The normalized spacial score (nSPS) is 10.2. The highest BCUT2D eigenvalue weighted by atomic mass is 16.5. The molecule has 22 heavy (non-hydrogen) atoms. The van der Waals surface area contributed by atoms with Gasteiger partial charge in [0.15, 0.2) is 11.5 Å². The topological polar surface area (TPSA) is 35.5 Å². The number of hydrogen-bond acceptors (Lipinski definition) is 3. The number of carbonyl (C=O) groups excluding carboxylic acids is 1. The first-order chi connectivity index (χ1) is 10.5. The van der Waals surface area contributed by atoms with Crippen LogP contribution < -0.4 is 9.47 Å². The maximum atomic E-state index is 10.3. The molecule has 0 amide bonds. The molecule has 1 rings (SSSR count). The van der Waals surface area contributed by atoms with Gasteiger partial charge in [-0.1, -0.05) is 23.3 Å². The van der Waals surface area contributed by atoms with Crippen LogP contribution >= 0.6 is 0 Å². The predicted octanol–water partition coefficient (Wildman–Crippen LogP) is 4.50. The van der Waals surface area contributed by atoms with E-state index in [4.69, 9.17) is 9.47 Å². The monoisotopic (exact) mass is 299 g/mol. The molecule has 0 aliphatic rings. The molecule has 0 bridgehead atoms. The van der Waals surface area contributed by atoms with Gasteiger partial charge in [-0.15, -0.1) is 0 Å². The molecule has 0 atom stereocenters. The largest absolute Gasteiger partial charge is 0.486 e. The van der Waals surface area contributed by atoms with Crippen molar-refractivity contribution in [3.63, 3.8) is 0 Å². The third-order valence-corrected chi connectivity index (χ3v) is 2.77. The van der Waals surface area contributed by atoms with Gasteiger partial charge in [0, 0.05) is 0 Å². The third kappa shape index (κ3) is 6.93. The molecular weight excluding hydrogens is 276 g/mol. The summed E-state index contributed by atoms with van der Waals surface area (Å²) in [6.07, 6.45) is 8.76. The molecule has 3 heteroatoms. The van der Waals surface area contributed by atoms with E-state index in [0.29, 0.717) is 24.7 Å². The second-order valence-electron chi connectivity index (χ2n) is 5.34. The lowest BCUT2D eigenvalue weighted by Crippen LogP contribution is -2.00. The van der Waals surface area contributed by atoms with Crippen molar-refractivity contribution >= 4 is 12.4 Å². The maximum Gasteiger partial charge on any atom is 0.225 e. The fourth-order valence-corrected chi connectivity index (χ4v) is 1.59. The highest BCUT2D eigenvalue weighted by molar-refractivity contribution is 5.74. The molecule has 0 saturated carbocycles. The number of benzene rings is 1. The Morgan fingerprint density at radius 2 is 1.59 bits per heavy atom. The van der Waals surface area contributed by atoms with E-state index < -0.39 is 0 Å². The average Bonchev–Trinajstić information content (AvgIpc) is 2.46. The summed E-state index contributed by atoms with van der Waals surface area (Å²) in [5, 5.41) is 0. The molecule has 1 aromatic rings. The highest BCUT2D eigenvalue weighted by Gasteiger charge is 2.05. The maximum absolute atomic E-state index is 10.3. The minimum absolute atomic E-state index is 0.480. The molecule has 0 fully saturated rings. The Morgan fingerprint density at radius 3 is 2.14 bits per heavy atom. The van der Waals surface area contributed by atoms with E-state index in [9.17, 15) is 4.79 Å². The van der Waals surface area contributed by atoms with Crippen molar-refractivity contribution in [1.29, 1.82) is 0 Å². The summed E-state index contributed by atoms with van der Waals surface area (Å²) in [5.74, 6) is 1.35. The van der Waals surface area contributed by atoms with Crippen LogP contribution in [0.2, 0.25) is 0 Å². The lowest BCUT2D eigenvalue weighted by Gasteiger charge is -2.12. The fourth-order valence-electron chi connectivity index (χ4n) is 1.59. The summed E-state index contributed by atoms with van der Waals surface area (Å²) in [7, 11) is 0. The summed E-state index contributed by atoms with van der Waals surface area (Å²) in [6, 6.07) is 5.57. The van der Waals surface area contributed by atoms with Crippen LogP contribution in [0, 0.1) is 0 Å². The van der Waals surface area contributed by atoms with Gasteiger partial charge in [-0.05, 0) is 63.6 Å². The molecule has 0 N–H and O–H groups in total. The van der Waals surface area contributed by atoms with Crippen LogP contribution in [0.5, 0.6) is 11.5 Å². The SMILES string of the molecule is CC(C)=CCOc1ccc(C=C[C]=O)cc1OCC=C(C)C. The number of ether oxygens (including phenoxy) is 2. The summed E-state index contributed by atoms with van der Waals surface area (Å²) in [5.41, 5.74) is 3.26. The second-order valence-corrected chi connectivity index (χ2v) is 5.34. The van der Waals surface area contributed by atoms with E-state index >= 15 is 0 Å². The van der Waals surface area contributed by atoms with E-state index in [1.807, 2.05) is 58.0 Å². The van der Waals surface area contributed by atoms with Gasteiger partial charge >= 0.3 is 0 Å². The van der Waals surface area contributed by atoms with Crippen LogP contribution in [0.4, 0.5) is 0 Å². The van der Waals surface area contributed by atoms with Crippen LogP contribution in [-0.4, -0.2) is 19.5 Å². The van der Waals surface area contributed by atoms with Crippen molar-refractivity contribution in [3.8, 4) is 11.5 Å². The van der Waals surface area contributed by atoms with Gasteiger partial charge in [0.05, 0.1) is 0 Å². The molecule has 1 aromatic carbocycles. The molecule has 117 valence electrons. The minimum atomic E-state index is 0.480. The molecule has 0 spiro atoms. The zero-order valence-electron chi connectivity index (χ0n) is 13.7. The first kappa shape index (κ1) is 17.8. The van der Waals surface area contributed by atoms with Crippen LogP contribution in [-0.2, 0) is 4.79 Å². The van der Waals surface area contributed by atoms with Gasteiger partial charge in [0.1, 0.15) is 13.2 Å². The van der Waals surface area contributed by atoms with E-state index in [-0.39, 0.29) is 0 Å². The smallest absolute Gasteiger partial charge is 0.225 e. The number of hydrogen-bond donors (Lipinski definition) is 0. The van der Waals surface area contributed by atoms with E-state index in [0.717, 1.165) is 5.56 Å². The Bertz CT molecular complexity index is 572. The number of allylic oxidation sites excluding steroid dienone is 3. The van der Waals surface area contributed by atoms with Crippen molar-refractivity contribution in [2.75, 3.05) is 13.2 Å². The molecule has 0 unspecified atom stereocenters. The van der Waals surface area contributed by atoms with Crippen LogP contribution in [0.15, 0.2) is 47.6 Å². The lowest BCUT2D eigenvalue weighted by atomic mass is 10.2. The number of rotatable bonds is 8. The Labute approximate surface area is 132 Å². The van der Waals surface area contributed by atoms with Crippen LogP contribution in [0.25, 0.3) is 6.08 Å². The van der Waals surface area contributed by atoms with Crippen LogP contribution in [0.3, 0.4) is 0 Å². The Balaban J connectivity index is 2.91. The van der Waals surface area contributed by atoms with Gasteiger partial charge in [-0.2, -0.15) is 0 Å². The van der Waals surface area contributed by atoms with Gasteiger partial charge in [0.2, 0.25) is 6.29 Å².